The van der Waals surface area contributed by atoms with Crippen molar-refractivity contribution in [1.82, 2.24) is 0 Å². The van der Waals surface area contributed by atoms with E-state index >= 15 is 0 Å². The van der Waals surface area contributed by atoms with Crippen molar-refractivity contribution in [2.45, 2.75) is 70.4 Å². The molecule has 0 saturated heterocycles. The van der Waals surface area contributed by atoms with Gasteiger partial charge < -0.3 is 14.7 Å². The van der Waals surface area contributed by atoms with Crippen molar-refractivity contribution >= 4 is 28.9 Å². The number of aliphatic hydroxyl groups is 1. The normalized spacial score (nSPS) is 29.2. The standard InChI is InChI=1S/C20H29NO4S/c1-13-3-5-14(6-4-13)19(23)21(15-7-9-16(22)10-8-15)17-11-12-26-18(17)20(24)25-2/h11-16,22H,3-10H2,1-2H3. The molecule has 2 fully saturated rings. The molecule has 3 rings (SSSR count). The first-order valence-corrected chi connectivity index (χ1v) is 10.6. The van der Waals surface area contributed by atoms with Crippen molar-refractivity contribution < 1.29 is 19.4 Å². The van der Waals surface area contributed by atoms with Crippen LogP contribution in [0.3, 0.4) is 0 Å². The molecule has 5 nitrogen and oxygen atoms in total. The average molecular weight is 380 g/mol. The highest BCUT2D eigenvalue weighted by Gasteiger charge is 2.36. The molecule has 0 aromatic carbocycles. The molecule has 2 saturated carbocycles. The second-order valence-electron chi connectivity index (χ2n) is 7.75. The van der Waals surface area contributed by atoms with E-state index in [1.807, 2.05) is 16.3 Å². The van der Waals surface area contributed by atoms with Gasteiger partial charge in [-0.25, -0.2) is 4.79 Å². The van der Waals surface area contributed by atoms with Crippen LogP contribution in [0.1, 0.15) is 68.0 Å². The fourth-order valence-electron chi connectivity index (χ4n) is 4.25. The number of aliphatic hydroxyl groups excluding tert-OH is 1. The summed E-state index contributed by atoms with van der Waals surface area (Å²) in [5.41, 5.74) is 0.687. The smallest absolute Gasteiger partial charge is 0.350 e. The molecule has 0 aliphatic heterocycles. The van der Waals surface area contributed by atoms with Crippen LogP contribution in [0.15, 0.2) is 11.4 Å². The minimum absolute atomic E-state index is 0.0310. The zero-order valence-electron chi connectivity index (χ0n) is 15.6. The lowest BCUT2D eigenvalue weighted by Gasteiger charge is -2.38. The molecule has 2 aliphatic rings. The third-order valence-electron chi connectivity index (χ3n) is 5.91. The van der Waals surface area contributed by atoms with Crippen LogP contribution in [0.2, 0.25) is 0 Å². The van der Waals surface area contributed by atoms with Gasteiger partial charge in [-0.1, -0.05) is 6.92 Å². The van der Waals surface area contributed by atoms with Crippen molar-refractivity contribution in [3.05, 3.63) is 16.3 Å². The molecule has 26 heavy (non-hydrogen) atoms. The van der Waals surface area contributed by atoms with Crippen LogP contribution in [-0.4, -0.2) is 36.2 Å². The first-order valence-electron chi connectivity index (χ1n) is 9.68. The number of ether oxygens (including phenoxy) is 1. The Kier molecular flexibility index (Phi) is 6.35. The molecule has 2 aliphatic carbocycles. The maximum atomic E-state index is 13.5. The molecule has 144 valence electrons. The number of rotatable bonds is 4. The number of hydrogen-bond acceptors (Lipinski definition) is 5. The van der Waals surface area contributed by atoms with Gasteiger partial charge in [-0.05, 0) is 68.7 Å². The highest BCUT2D eigenvalue weighted by Crippen LogP contribution is 2.37. The van der Waals surface area contributed by atoms with Gasteiger partial charge in [0.25, 0.3) is 0 Å². The minimum atomic E-state index is -0.388. The minimum Gasteiger partial charge on any atom is -0.465 e. The van der Waals surface area contributed by atoms with Gasteiger partial charge in [0.1, 0.15) is 4.88 Å². The summed E-state index contributed by atoms with van der Waals surface area (Å²) in [6, 6.07) is 1.91. The zero-order valence-corrected chi connectivity index (χ0v) is 16.5. The van der Waals surface area contributed by atoms with Crippen molar-refractivity contribution in [2.75, 3.05) is 12.0 Å². The number of amides is 1. The first kappa shape index (κ1) is 19.4. The molecule has 1 heterocycles. The molecule has 6 heteroatoms. The molecule has 1 amide bonds. The summed E-state index contributed by atoms with van der Waals surface area (Å²) in [4.78, 5) is 28.0. The van der Waals surface area contributed by atoms with Gasteiger partial charge in [-0.3, -0.25) is 4.79 Å². The Balaban J connectivity index is 1.88. The van der Waals surface area contributed by atoms with Gasteiger partial charge in [0.05, 0.1) is 18.9 Å². The van der Waals surface area contributed by atoms with Crippen LogP contribution in [-0.2, 0) is 9.53 Å². The lowest BCUT2D eigenvalue weighted by atomic mass is 9.81. The van der Waals surface area contributed by atoms with E-state index in [1.54, 1.807) is 0 Å². The van der Waals surface area contributed by atoms with E-state index in [2.05, 4.69) is 6.92 Å². The van der Waals surface area contributed by atoms with E-state index in [1.165, 1.54) is 18.4 Å². The molecule has 0 atom stereocenters. The summed E-state index contributed by atoms with van der Waals surface area (Å²) in [7, 11) is 1.37. The first-order chi connectivity index (χ1) is 12.5. The van der Waals surface area contributed by atoms with E-state index in [9.17, 15) is 14.7 Å². The van der Waals surface area contributed by atoms with Crippen LogP contribution >= 0.6 is 11.3 Å². The number of thiophene rings is 1. The summed E-state index contributed by atoms with van der Waals surface area (Å²) in [6.07, 6.45) is 6.68. The Labute approximate surface area is 159 Å². The monoisotopic (exact) mass is 379 g/mol. The van der Waals surface area contributed by atoms with Gasteiger partial charge in [0.2, 0.25) is 5.91 Å². The zero-order chi connectivity index (χ0) is 18.7. The molecule has 0 spiro atoms. The fraction of sp³-hybridized carbons (Fsp3) is 0.700. The average Bonchev–Trinajstić information content (AvgIpc) is 3.12. The van der Waals surface area contributed by atoms with Gasteiger partial charge in [-0.2, -0.15) is 0 Å². The SMILES string of the molecule is COC(=O)c1sccc1N(C(=O)C1CCC(C)CC1)C1CCC(O)CC1. The number of esters is 1. The second kappa shape index (κ2) is 8.53. The predicted octanol–water partition coefficient (Wildman–Crippen LogP) is 4.00. The quantitative estimate of drug-likeness (QED) is 0.803. The molecular formula is C20H29NO4S. The third-order valence-corrected chi connectivity index (χ3v) is 6.79. The second-order valence-corrected chi connectivity index (χ2v) is 8.67. The van der Waals surface area contributed by atoms with Crippen LogP contribution < -0.4 is 4.90 Å². The van der Waals surface area contributed by atoms with Crippen molar-refractivity contribution in [1.29, 1.82) is 0 Å². The lowest BCUT2D eigenvalue weighted by molar-refractivity contribution is -0.124. The summed E-state index contributed by atoms with van der Waals surface area (Å²) in [5.74, 6) is 0.468. The van der Waals surface area contributed by atoms with Gasteiger partial charge in [0, 0.05) is 12.0 Å². The molecule has 0 unspecified atom stereocenters. The van der Waals surface area contributed by atoms with E-state index in [-0.39, 0.29) is 29.9 Å². The Morgan fingerprint density at radius 2 is 1.77 bits per heavy atom. The van der Waals surface area contributed by atoms with Crippen LogP contribution in [0.4, 0.5) is 5.69 Å². The Morgan fingerprint density at radius 1 is 1.12 bits per heavy atom. The van der Waals surface area contributed by atoms with Crippen LogP contribution in [0.5, 0.6) is 0 Å². The van der Waals surface area contributed by atoms with Crippen molar-refractivity contribution in [2.24, 2.45) is 11.8 Å². The largest absolute Gasteiger partial charge is 0.465 e. The predicted molar refractivity (Wildman–Crippen MR) is 103 cm³/mol. The lowest BCUT2D eigenvalue weighted by Crippen LogP contribution is -2.47. The van der Waals surface area contributed by atoms with Gasteiger partial charge in [0.15, 0.2) is 0 Å². The summed E-state index contributed by atoms with van der Waals surface area (Å²) >= 11 is 1.32. The number of carbonyl (C=O) groups excluding carboxylic acids is 2. The number of carbonyl (C=O) groups is 2. The van der Waals surface area contributed by atoms with Gasteiger partial charge >= 0.3 is 5.97 Å². The molecule has 1 aromatic heterocycles. The third kappa shape index (κ3) is 4.12. The molecule has 0 bridgehead atoms. The van der Waals surface area contributed by atoms with Crippen molar-refractivity contribution in [3.8, 4) is 0 Å². The summed E-state index contributed by atoms with van der Waals surface area (Å²) < 4.78 is 4.92. The highest BCUT2D eigenvalue weighted by atomic mass is 32.1. The van der Waals surface area contributed by atoms with E-state index in [4.69, 9.17) is 4.74 Å². The number of methoxy groups -OCH3 is 1. The van der Waals surface area contributed by atoms with Crippen molar-refractivity contribution in [3.63, 3.8) is 0 Å². The maximum Gasteiger partial charge on any atom is 0.350 e. The number of nitrogens with zero attached hydrogens (tertiary/aromatic N) is 1. The fourth-order valence-corrected chi connectivity index (χ4v) is 5.05. The topological polar surface area (TPSA) is 66.8 Å². The summed E-state index contributed by atoms with van der Waals surface area (Å²) in [5, 5.41) is 11.7. The Bertz CT molecular complexity index is 628. The van der Waals surface area contributed by atoms with Gasteiger partial charge in [-0.15, -0.1) is 11.3 Å². The highest BCUT2D eigenvalue weighted by molar-refractivity contribution is 7.12. The van der Waals surface area contributed by atoms with Crippen LogP contribution in [0.25, 0.3) is 0 Å². The number of hydrogen-bond donors (Lipinski definition) is 1. The molecule has 1 aromatic rings. The van der Waals surface area contributed by atoms with E-state index < -0.39 is 0 Å². The molecular weight excluding hydrogens is 350 g/mol. The summed E-state index contributed by atoms with van der Waals surface area (Å²) in [6.45, 7) is 2.25. The molecule has 0 radical (unpaired) electrons. The van der Waals surface area contributed by atoms with Crippen LogP contribution in [0, 0.1) is 11.8 Å². The Morgan fingerprint density at radius 3 is 2.38 bits per heavy atom. The Hall–Kier alpha value is -1.40. The van der Waals surface area contributed by atoms with E-state index in [0.29, 0.717) is 29.3 Å². The van der Waals surface area contributed by atoms with E-state index in [0.717, 1.165) is 38.5 Å². The molecule has 1 N–H and O–H groups in total. The maximum absolute atomic E-state index is 13.5. The number of anilines is 1.